The van der Waals surface area contributed by atoms with Crippen LogP contribution in [0.5, 0.6) is 0 Å². The smallest absolute Gasteiger partial charge is 0.253 e. The molecule has 2 unspecified atom stereocenters. The lowest BCUT2D eigenvalue weighted by Gasteiger charge is -2.21. The highest BCUT2D eigenvalue weighted by atomic mass is 35.5. The number of hydrogen-bond acceptors (Lipinski definition) is 3. The molecule has 1 aromatic carbocycles. The van der Waals surface area contributed by atoms with E-state index in [2.05, 4.69) is 10.2 Å². The molecule has 0 radical (unpaired) electrons. The maximum absolute atomic E-state index is 12.3. The summed E-state index contributed by atoms with van der Waals surface area (Å²) >= 11 is 6.09. The van der Waals surface area contributed by atoms with E-state index >= 15 is 0 Å². The van der Waals surface area contributed by atoms with Gasteiger partial charge in [-0.3, -0.25) is 9.69 Å². The number of rotatable bonds is 2. The molecule has 2 aliphatic heterocycles. The van der Waals surface area contributed by atoms with Gasteiger partial charge in [-0.05, 0) is 37.9 Å². The van der Waals surface area contributed by atoms with E-state index < -0.39 is 0 Å². The molecule has 3 rings (SSSR count). The summed E-state index contributed by atoms with van der Waals surface area (Å²) < 4.78 is 0. The van der Waals surface area contributed by atoms with Gasteiger partial charge in [-0.1, -0.05) is 17.7 Å². The molecule has 1 amide bonds. The Balaban J connectivity index is 1.73. The molecule has 2 atom stereocenters. The van der Waals surface area contributed by atoms with Gasteiger partial charge in [0.2, 0.25) is 0 Å². The summed E-state index contributed by atoms with van der Waals surface area (Å²) in [6, 6.07) is 5.92. The average molecular weight is 280 g/mol. The van der Waals surface area contributed by atoms with Crippen molar-refractivity contribution in [1.82, 2.24) is 10.2 Å². The Morgan fingerprint density at radius 1 is 1.37 bits per heavy atom. The SMILES string of the molecule is Nc1cccc(C(=O)NC2CCN3CCCC23)c1Cl. The first-order valence-electron chi connectivity index (χ1n) is 6.75. The number of nitrogen functional groups attached to an aromatic ring is 1. The Kier molecular flexibility index (Phi) is 3.37. The van der Waals surface area contributed by atoms with Crippen molar-refractivity contribution in [3.05, 3.63) is 28.8 Å². The molecule has 3 N–H and O–H groups in total. The molecule has 4 nitrogen and oxygen atoms in total. The molecule has 0 bridgehead atoms. The summed E-state index contributed by atoms with van der Waals surface area (Å²) in [4.78, 5) is 14.8. The second kappa shape index (κ2) is 5.02. The summed E-state index contributed by atoms with van der Waals surface area (Å²) in [7, 11) is 0. The zero-order valence-electron chi connectivity index (χ0n) is 10.7. The normalized spacial score (nSPS) is 26.4. The summed E-state index contributed by atoms with van der Waals surface area (Å²) in [6.07, 6.45) is 3.43. The van der Waals surface area contributed by atoms with E-state index in [9.17, 15) is 4.79 Å². The van der Waals surface area contributed by atoms with Crippen LogP contribution in [0.25, 0.3) is 0 Å². The third kappa shape index (κ3) is 2.30. The van der Waals surface area contributed by atoms with Gasteiger partial charge in [0.05, 0.1) is 16.3 Å². The summed E-state index contributed by atoms with van der Waals surface area (Å²) in [5, 5.41) is 3.46. The second-order valence-corrected chi connectivity index (χ2v) is 5.70. The predicted octanol–water partition coefficient (Wildman–Crippen LogP) is 1.89. The lowest BCUT2D eigenvalue weighted by molar-refractivity contribution is 0.0929. The Morgan fingerprint density at radius 3 is 3.05 bits per heavy atom. The van der Waals surface area contributed by atoms with Crippen LogP contribution in [-0.2, 0) is 0 Å². The number of amides is 1. The first-order valence-corrected chi connectivity index (χ1v) is 7.13. The number of halogens is 1. The van der Waals surface area contributed by atoms with Crippen molar-refractivity contribution in [2.75, 3.05) is 18.8 Å². The zero-order chi connectivity index (χ0) is 13.4. The average Bonchev–Trinajstić information content (AvgIpc) is 2.97. The molecule has 0 aromatic heterocycles. The van der Waals surface area contributed by atoms with Crippen LogP contribution in [-0.4, -0.2) is 36.0 Å². The van der Waals surface area contributed by atoms with Crippen molar-refractivity contribution in [3.63, 3.8) is 0 Å². The quantitative estimate of drug-likeness (QED) is 0.813. The van der Waals surface area contributed by atoms with Gasteiger partial charge in [0.15, 0.2) is 0 Å². The molecule has 2 saturated heterocycles. The van der Waals surface area contributed by atoms with Crippen LogP contribution >= 0.6 is 11.6 Å². The fraction of sp³-hybridized carbons (Fsp3) is 0.500. The Hall–Kier alpha value is -1.26. The Labute approximate surface area is 117 Å². The monoisotopic (exact) mass is 279 g/mol. The third-order valence-electron chi connectivity index (χ3n) is 4.20. The minimum atomic E-state index is -0.115. The number of fused-ring (bicyclic) bond motifs is 1. The van der Waals surface area contributed by atoms with Crippen molar-refractivity contribution >= 4 is 23.2 Å². The van der Waals surface area contributed by atoms with Gasteiger partial charge >= 0.3 is 0 Å². The lowest BCUT2D eigenvalue weighted by atomic mass is 10.1. The number of nitrogens with one attached hydrogen (secondary N) is 1. The molecule has 0 spiro atoms. The lowest BCUT2D eigenvalue weighted by Crippen LogP contribution is -2.42. The van der Waals surface area contributed by atoms with E-state index in [1.807, 2.05) is 0 Å². The number of nitrogens with zero attached hydrogens (tertiary/aromatic N) is 1. The van der Waals surface area contributed by atoms with Crippen LogP contribution < -0.4 is 11.1 Å². The molecule has 1 aromatic rings. The van der Waals surface area contributed by atoms with Crippen LogP contribution in [0.4, 0.5) is 5.69 Å². The van der Waals surface area contributed by atoms with Gasteiger partial charge in [-0.25, -0.2) is 0 Å². The number of anilines is 1. The van der Waals surface area contributed by atoms with Crippen LogP contribution in [0.1, 0.15) is 29.6 Å². The number of nitrogens with two attached hydrogens (primary N) is 1. The molecule has 0 aliphatic carbocycles. The summed E-state index contributed by atoms with van der Waals surface area (Å²) in [6.45, 7) is 2.25. The molecule has 2 aliphatic rings. The first kappa shape index (κ1) is 12.8. The maximum Gasteiger partial charge on any atom is 0.253 e. The summed E-state index contributed by atoms with van der Waals surface area (Å²) in [5.74, 6) is -0.115. The van der Waals surface area contributed by atoms with E-state index in [-0.39, 0.29) is 11.9 Å². The molecule has 5 heteroatoms. The van der Waals surface area contributed by atoms with Gasteiger partial charge < -0.3 is 11.1 Å². The summed E-state index contributed by atoms with van der Waals surface area (Å²) in [5.41, 5.74) is 6.65. The van der Waals surface area contributed by atoms with Crippen LogP contribution in [0.15, 0.2) is 18.2 Å². The van der Waals surface area contributed by atoms with Gasteiger partial charge in [0, 0.05) is 18.6 Å². The fourth-order valence-corrected chi connectivity index (χ4v) is 3.43. The van der Waals surface area contributed by atoms with Crippen LogP contribution in [0, 0.1) is 0 Å². The minimum Gasteiger partial charge on any atom is -0.398 e. The van der Waals surface area contributed by atoms with E-state index in [0.717, 1.165) is 19.5 Å². The molecule has 19 heavy (non-hydrogen) atoms. The number of benzene rings is 1. The molecule has 2 fully saturated rings. The number of carbonyl (C=O) groups excluding carboxylic acids is 1. The molecule has 2 heterocycles. The molecular formula is C14H18ClN3O. The molecule has 102 valence electrons. The largest absolute Gasteiger partial charge is 0.398 e. The molecular weight excluding hydrogens is 262 g/mol. The van der Waals surface area contributed by atoms with Gasteiger partial charge in [-0.15, -0.1) is 0 Å². The Morgan fingerprint density at radius 2 is 2.21 bits per heavy atom. The number of hydrogen-bond donors (Lipinski definition) is 2. The van der Waals surface area contributed by atoms with Gasteiger partial charge in [-0.2, -0.15) is 0 Å². The van der Waals surface area contributed by atoms with Crippen molar-refractivity contribution in [1.29, 1.82) is 0 Å². The van der Waals surface area contributed by atoms with Gasteiger partial charge in [0.25, 0.3) is 5.91 Å². The highest BCUT2D eigenvalue weighted by Gasteiger charge is 2.38. The van der Waals surface area contributed by atoms with Gasteiger partial charge in [0.1, 0.15) is 0 Å². The van der Waals surface area contributed by atoms with E-state index in [1.165, 1.54) is 12.8 Å². The predicted molar refractivity (Wildman–Crippen MR) is 76.3 cm³/mol. The highest BCUT2D eigenvalue weighted by molar-refractivity contribution is 6.36. The Bertz CT molecular complexity index is 505. The second-order valence-electron chi connectivity index (χ2n) is 5.32. The van der Waals surface area contributed by atoms with Crippen molar-refractivity contribution in [3.8, 4) is 0 Å². The van der Waals surface area contributed by atoms with Crippen molar-refractivity contribution in [2.45, 2.75) is 31.3 Å². The highest BCUT2D eigenvalue weighted by Crippen LogP contribution is 2.29. The van der Waals surface area contributed by atoms with Crippen LogP contribution in [0.2, 0.25) is 5.02 Å². The van der Waals surface area contributed by atoms with Crippen molar-refractivity contribution in [2.24, 2.45) is 0 Å². The van der Waals surface area contributed by atoms with Crippen LogP contribution in [0.3, 0.4) is 0 Å². The maximum atomic E-state index is 12.3. The van der Waals surface area contributed by atoms with E-state index in [4.69, 9.17) is 17.3 Å². The van der Waals surface area contributed by atoms with Crippen molar-refractivity contribution < 1.29 is 4.79 Å². The standard InChI is InChI=1S/C14H18ClN3O/c15-13-9(3-1-4-10(13)16)14(19)17-11-6-8-18-7-2-5-12(11)18/h1,3-4,11-12H,2,5-8,16H2,(H,17,19). The van der Waals surface area contributed by atoms with E-state index in [0.29, 0.717) is 22.3 Å². The fourth-order valence-electron chi connectivity index (χ4n) is 3.22. The topological polar surface area (TPSA) is 58.4 Å². The molecule has 0 saturated carbocycles. The number of carbonyl (C=O) groups is 1. The third-order valence-corrected chi connectivity index (χ3v) is 4.62. The first-order chi connectivity index (χ1) is 9.16. The van der Waals surface area contributed by atoms with E-state index in [1.54, 1.807) is 18.2 Å². The zero-order valence-corrected chi connectivity index (χ0v) is 11.5. The minimum absolute atomic E-state index is 0.115.